The highest BCUT2D eigenvalue weighted by Crippen LogP contribution is 2.30. The predicted octanol–water partition coefficient (Wildman–Crippen LogP) is 0.694. The zero-order valence-electron chi connectivity index (χ0n) is 10.7. The molecule has 18 heavy (non-hydrogen) atoms. The number of nitrogens with two attached hydrogens (primary N) is 1. The zero-order valence-corrected chi connectivity index (χ0v) is 10.7. The monoisotopic (exact) mass is 250 g/mol. The summed E-state index contributed by atoms with van der Waals surface area (Å²) < 4.78 is 10.6. The number of anilines is 1. The summed E-state index contributed by atoms with van der Waals surface area (Å²) in [7, 11) is 1.60. The maximum absolute atomic E-state index is 11.9. The first-order valence-electron chi connectivity index (χ1n) is 5.92. The van der Waals surface area contributed by atoms with Crippen LogP contribution < -0.4 is 15.4 Å². The molecule has 1 heterocycles. The molecule has 0 saturated carbocycles. The van der Waals surface area contributed by atoms with Gasteiger partial charge in [0.1, 0.15) is 12.4 Å². The summed E-state index contributed by atoms with van der Waals surface area (Å²) in [5.74, 6) is 0.621. The van der Waals surface area contributed by atoms with Gasteiger partial charge in [-0.2, -0.15) is 0 Å². The van der Waals surface area contributed by atoms with Crippen LogP contribution in [-0.2, 0) is 9.53 Å². The first-order chi connectivity index (χ1) is 8.65. The van der Waals surface area contributed by atoms with Gasteiger partial charge >= 0.3 is 0 Å². The molecule has 1 aliphatic heterocycles. The highest BCUT2D eigenvalue weighted by atomic mass is 16.5. The van der Waals surface area contributed by atoms with Gasteiger partial charge in [-0.1, -0.05) is 6.07 Å². The van der Waals surface area contributed by atoms with Crippen molar-refractivity contribution < 1.29 is 14.3 Å². The van der Waals surface area contributed by atoms with Crippen LogP contribution in [-0.4, -0.2) is 38.8 Å². The lowest BCUT2D eigenvalue weighted by Gasteiger charge is -2.33. The molecule has 5 heteroatoms. The number of hydrogen-bond acceptors (Lipinski definition) is 4. The Labute approximate surface area is 106 Å². The Morgan fingerprint density at radius 2 is 2.33 bits per heavy atom. The maximum atomic E-state index is 11.9. The molecule has 98 valence electrons. The molecule has 5 nitrogen and oxygen atoms in total. The van der Waals surface area contributed by atoms with Crippen LogP contribution in [0.4, 0.5) is 5.69 Å². The molecule has 0 spiro atoms. The van der Waals surface area contributed by atoms with E-state index in [0.717, 1.165) is 11.3 Å². The minimum Gasteiger partial charge on any atom is -0.495 e. The molecule has 0 radical (unpaired) electrons. The Hall–Kier alpha value is -1.59. The lowest BCUT2D eigenvalue weighted by molar-refractivity contribution is -0.128. The van der Waals surface area contributed by atoms with E-state index < -0.39 is 0 Å². The fourth-order valence-electron chi connectivity index (χ4n) is 2.01. The van der Waals surface area contributed by atoms with E-state index in [0.29, 0.717) is 18.8 Å². The molecular formula is C13H18N2O3. The van der Waals surface area contributed by atoms with Crippen LogP contribution >= 0.6 is 0 Å². The summed E-state index contributed by atoms with van der Waals surface area (Å²) in [6.45, 7) is 2.92. The Morgan fingerprint density at radius 1 is 1.56 bits per heavy atom. The second kappa shape index (κ2) is 5.37. The summed E-state index contributed by atoms with van der Waals surface area (Å²) in [5, 5.41) is 0. The normalized spacial score (nSPS) is 20.1. The third-order valence-corrected chi connectivity index (χ3v) is 3.02. The van der Waals surface area contributed by atoms with Crippen LogP contribution in [0.3, 0.4) is 0 Å². The summed E-state index contributed by atoms with van der Waals surface area (Å²) in [5.41, 5.74) is 7.46. The number of aryl methyl sites for hydroxylation is 1. The van der Waals surface area contributed by atoms with E-state index in [1.807, 2.05) is 25.1 Å². The van der Waals surface area contributed by atoms with Gasteiger partial charge in [-0.15, -0.1) is 0 Å². The number of carbonyl (C=O) groups is 1. The number of carbonyl (C=O) groups excluding carboxylic acids is 1. The van der Waals surface area contributed by atoms with Gasteiger partial charge in [0.15, 0.2) is 0 Å². The minimum absolute atomic E-state index is 0.0661. The van der Waals surface area contributed by atoms with Crippen molar-refractivity contribution in [3.05, 3.63) is 23.8 Å². The van der Waals surface area contributed by atoms with E-state index in [2.05, 4.69) is 0 Å². The van der Waals surface area contributed by atoms with E-state index in [1.165, 1.54) is 0 Å². The molecule has 1 amide bonds. The van der Waals surface area contributed by atoms with Gasteiger partial charge in [0.25, 0.3) is 5.91 Å². The fraction of sp³-hybridized carbons (Fsp3) is 0.462. The van der Waals surface area contributed by atoms with E-state index in [9.17, 15) is 4.79 Å². The molecule has 1 aromatic rings. The lowest BCUT2D eigenvalue weighted by Crippen LogP contribution is -2.49. The summed E-state index contributed by atoms with van der Waals surface area (Å²) >= 11 is 0. The molecule has 1 aliphatic rings. The van der Waals surface area contributed by atoms with Gasteiger partial charge in [0, 0.05) is 6.54 Å². The minimum atomic E-state index is -0.118. The van der Waals surface area contributed by atoms with Crippen LogP contribution in [0.1, 0.15) is 5.56 Å². The van der Waals surface area contributed by atoms with Crippen molar-refractivity contribution in [1.82, 2.24) is 0 Å². The van der Waals surface area contributed by atoms with Crippen molar-refractivity contribution in [1.29, 1.82) is 0 Å². The zero-order chi connectivity index (χ0) is 13.1. The molecule has 1 aromatic carbocycles. The highest BCUT2D eigenvalue weighted by Gasteiger charge is 2.28. The van der Waals surface area contributed by atoms with Crippen molar-refractivity contribution in [2.24, 2.45) is 5.73 Å². The number of hydrogen-bond donors (Lipinski definition) is 1. The molecule has 1 atom stereocenters. The van der Waals surface area contributed by atoms with Crippen molar-refractivity contribution in [2.45, 2.75) is 13.0 Å². The molecule has 1 saturated heterocycles. The van der Waals surface area contributed by atoms with Crippen LogP contribution in [0.25, 0.3) is 0 Å². The van der Waals surface area contributed by atoms with Gasteiger partial charge < -0.3 is 20.1 Å². The molecule has 1 fully saturated rings. The SMILES string of the molecule is COc1ccc(C)cc1N1CC(CN)OCC1=O. The van der Waals surface area contributed by atoms with Crippen molar-refractivity contribution in [3.63, 3.8) is 0 Å². The van der Waals surface area contributed by atoms with Crippen molar-refractivity contribution >= 4 is 11.6 Å². The van der Waals surface area contributed by atoms with Crippen LogP contribution in [0.2, 0.25) is 0 Å². The van der Waals surface area contributed by atoms with Crippen molar-refractivity contribution in [2.75, 3.05) is 31.7 Å². The standard InChI is InChI=1S/C13H18N2O3/c1-9-3-4-12(17-2)11(5-9)15-7-10(6-14)18-8-13(15)16/h3-5,10H,6-8,14H2,1-2H3. The first kappa shape index (κ1) is 12.9. The van der Waals surface area contributed by atoms with Crippen LogP contribution in [0.5, 0.6) is 5.75 Å². The number of ether oxygens (including phenoxy) is 2. The second-order valence-electron chi connectivity index (χ2n) is 4.35. The molecule has 1 unspecified atom stereocenters. The molecule has 2 N–H and O–H groups in total. The van der Waals surface area contributed by atoms with Crippen molar-refractivity contribution in [3.8, 4) is 5.75 Å². The summed E-state index contributed by atoms with van der Waals surface area (Å²) in [6.07, 6.45) is -0.118. The Balaban J connectivity index is 2.33. The predicted molar refractivity (Wildman–Crippen MR) is 68.9 cm³/mol. The second-order valence-corrected chi connectivity index (χ2v) is 4.35. The molecule has 0 aromatic heterocycles. The molecule has 0 bridgehead atoms. The van der Waals surface area contributed by atoms with E-state index >= 15 is 0 Å². The van der Waals surface area contributed by atoms with Gasteiger partial charge in [-0.05, 0) is 24.6 Å². The molecule has 2 rings (SSSR count). The third-order valence-electron chi connectivity index (χ3n) is 3.02. The number of benzene rings is 1. The summed E-state index contributed by atoms with van der Waals surface area (Å²) in [6, 6.07) is 5.76. The Kier molecular flexibility index (Phi) is 3.84. The van der Waals surface area contributed by atoms with E-state index in [4.69, 9.17) is 15.2 Å². The number of nitrogens with zero attached hydrogens (tertiary/aromatic N) is 1. The van der Waals surface area contributed by atoms with Gasteiger partial charge in [0.2, 0.25) is 0 Å². The van der Waals surface area contributed by atoms with Crippen LogP contribution in [0, 0.1) is 6.92 Å². The number of amides is 1. The van der Waals surface area contributed by atoms with E-state index in [-0.39, 0.29) is 18.6 Å². The van der Waals surface area contributed by atoms with E-state index in [1.54, 1.807) is 12.0 Å². The van der Waals surface area contributed by atoms with Gasteiger partial charge in [-0.3, -0.25) is 4.79 Å². The largest absolute Gasteiger partial charge is 0.495 e. The average molecular weight is 250 g/mol. The number of methoxy groups -OCH3 is 1. The highest BCUT2D eigenvalue weighted by molar-refractivity contribution is 5.96. The Morgan fingerprint density at radius 3 is 3.00 bits per heavy atom. The smallest absolute Gasteiger partial charge is 0.253 e. The topological polar surface area (TPSA) is 64.8 Å². The summed E-state index contributed by atoms with van der Waals surface area (Å²) in [4.78, 5) is 13.6. The number of morpholine rings is 1. The third kappa shape index (κ3) is 2.47. The van der Waals surface area contributed by atoms with Gasteiger partial charge in [0.05, 0.1) is 25.4 Å². The molecular weight excluding hydrogens is 232 g/mol. The fourth-order valence-corrected chi connectivity index (χ4v) is 2.01. The number of rotatable bonds is 3. The Bertz CT molecular complexity index is 448. The maximum Gasteiger partial charge on any atom is 0.253 e. The quantitative estimate of drug-likeness (QED) is 0.857. The molecule has 0 aliphatic carbocycles. The van der Waals surface area contributed by atoms with Gasteiger partial charge in [-0.25, -0.2) is 0 Å². The first-order valence-corrected chi connectivity index (χ1v) is 5.92. The van der Waals surface area contributed by atoms with Crippen LogP contribution in [0.15, 0.2) is 18.2 Å². The average Bonchev–Trinajstić information content (AvgIpc) is 2.39. The lowest BCUT2D eigenvalue weighted by atomic mass is 10.1.